The van der Waals surface area contributed by atoms with Crippen LogP contribution in [0.4, 0.5) is 5.69 Å². The Morgan fingerprint density at radius 3 is 2.85 bits per heavy atom. The van der Waals surface area contributed by atoms with E-state index in [1.807, 2.05) is 12.1 Å². The van der Waals surface area contributed by atoms with Gasteiger partial charge in [0.25, 0.3) is 11.8 Å². The fraction of sp³-hybridized carbons (Fsp3) is 0.185. The summed E-state index contributed by atoms with van der Waals surface area (Å²) in [6, 6.07) is 13.3. The Bertz CT molecular complexity index is 1640. The van der Waals surface area contributed by atoms with Crippen molar-refractivity contribution in [1.82, 2.24) is 25.6 Å². The zero-order valence-electron chi connectivity index (χ0n) is 20.6. The van der Waals surface area contributed by atoms with Gasteiger partial charge in [-0.25, -0.2) is 14.8 Å². The number of benzene rings is 2. The number of rotatable bonds is 4. The first-order chi connectivity index (χ1) is 18.9. The molecule has 6 rings (SSSR count). The van der Waals surface area contributed by atoms with E-state index in [2.05, 4.69) is 43.0 Å². The standard InChI is InChI=1S/C17H13N5O5.C10H10N2/c23-12-6-27-11-2-1-8(3-10(11)22-12)4-19-16(24)15-14-13(20-7-21-15)9(5-18-14)17(25)26;11-6-8-1-2-9-3-4-12-7-10(9)5-8/h1-3,5,7,18H,4,6H2,(H,19,24)(H,22,23)(H,25,26);1-2,5,12H,3-4,7H2. The molecule has 2 aromatic carbocycles. The van der Waals surface area contributed by atoms with Gasteiger partial charge in [0.05, 0.1) is 22.8 Å². The van der Waals surface area contributed by atoms with Crippen molar-refractivity contribution in [2.24, 2.45) is 0 Å². The van der Waals surface area contributed by atoms with Crippen molar-refractivity contribution in [2.45, 2.75) is 19.5 Å². The van der Waals surface area contributed by atoms with Gasteiger partial charge in [-0.05, 0) is 53.9 Å². The molecule has 0 saturated carbocycles. The molecule has 4 aromatic rings. The number of nitriles is 1. The smallest absolute Gasteiger partial charge is 0.339 e. The lowest BCUT2D eigenvalue weighted by Crippen LogP contribution is -2.26. The molecule has 0 atom stereocenters. The van der Waals surface area contributed by atoms with Crippen molar-refractivity contribution in [2.75, 3.05) is 18.5 Å². The number of aromatic amines is 1. The molecule has 4 heterocycles. The molecule has 2 aliphatic rings. The Morgan fingerprint density at radius 1 is 1.15 bits per heavy atom. The molecule has 0 radical (unpaired) electrons. The molecule has 0 fully saturated rings. The number of nitrogens with zero attached hydrogens (tertiary/aromatic N) is 3. The highest BCUT2D eigenvalue weighted by molar-refractivity contribution is 6.08. The number of ether oxygens (including phenoxy) is 1. The highest BCUT2D eigenvalue weighted by Gasteiger charge is 2.20. The van der Waals surface area contributed by atoms with E-state index in [1.165, 1.54) is 17.3 Å². The van der Waals surface area contributed by atoms with E-state index in [0.717, 1.165) is 37.0 Å². The molecule has 2 amide bonds. The first-order valence-electron chi connectivity index (χ1n) is 12.0. The molecule has 2 aliphatic heterocycles. The summed E-state index contributed by atoms with van der Waals surface area (Å²) in [6.45, 7) is 2.12. The maximum atomic E-state index is 12.5. The van der Waals surface area contributed by atoms with Crippen LogP contribution in [0.3, 0.4) is 0 Å². The molecule has 0 unspecified atom stereocenters. The zero-order valence-corrected chi connectivity index (χ0v) is 20.6. The summed E-state index contributed by atoms with van der Waals surface area (Å²) in [4.78, 5) is 45.7. The predicted molar refractivity (Wildman–Crippen MR) is 139 cm³/mol. The molecule has 12 nitrogen and oxygen atoms in total. The van der Waals surface area contributed by atoms with Gasteiger partial charge in [-0.3, -0.25) is 9.59 Å². The number of carbonyl (C=O) groups excluding carboxylic acids is 2. The molecular weight excluding hydrogens is 502 g/mol. The molecule has 2 aromatic heterocycles. The summed E-state index contributed by atoms with van der Waals surface area (Å²) in [5.74, 6) is -1.31. The van der Waals surface area contributed by atoms with Crippen molar-refractivity contribution in [3.05, 3.63) is 82.4 Å². The monoisotopic (exact) mass is 525 g/mol. The number of aromatic carboxylic acids is 1. The average molecular weight is 526 g/mol. The normalized spacial score (nSPS) is 13.5. The number of carbonyl (C=O) groups is 3. The molecule has 39 heavy (non-hydrogen) atoms. The quantitative estimate of drug-likeness (QED) is 0.266. The van der Waals surface area contributed by atoms with Crippen LogP contribution in [-0.2, 0) is 24.3 Å². The topological polar surface area (TPSA) is 182 Å². The maximum absolute atomic E-state index is 12.5. The molecule has 12 heteroatoms. The highest BCUT2D eigenvalue weighted by atomic mass is 16.5. The van der Waals surface area contributed by atoms with Crippen LogP contribution in [0.25, 0.3) is 11.0 Å². The van der Waals surface area contributed by atoms with Crippen LogP contribution in [-0.4, -0.2) is 51.0 Å². The third kappa shape index (κ3) is 5.53. The van der Waals surface area contributed by atoms with Crippen LogP contribution in [0, 0.1) is 11.3 Å². The van der Waals surface area contributed by atoms with Gasteiger partial charge in [0, 0.05) is 19.3 Å². The van der Waals surface area contributed by atoms with E-state index in [0.29, 0.717) is 11.4 Å². The Hall–Kier alpha value is -5.28. The van der Waals surface area contributed by atoms with Gasteiger partial charge in [-0.2, -0.15) is 5.26 Å². The number of hydrogen-bond acceptors (Lipinski definition) is 8. The Balaban J connectivity index is 0.000000214. The number of fused-ring (bicyclic) bond motifs is 3. The Labute approximate surface area is 222 Å². The van der Waals surface area contributed by atoms with E-state index in [9.17, 15) is 14.4 Å². The summed E-state index contributed by atoms with van der Waals surface area (Å²) in [5.41, 5.74) is 5.13. The SMILES string of the molecule is N#Cc1ccc2c(c1)CNCC2.O=C1COc2ccc(CNC(=O)c3ncnc4c(C(=O)O)c[nH]c34)cc2N1. The van der Waals surface area contributed by atoms with Crippen LogP contribution >= 0.6 is 0 Å². The van der Waals surface area contributed by atoms with Gasteiger partial charge in [-0.1, -0.05) is 12.1 Å². The second-order valence-electron chi connectivity index (χ2n) is 8.83. The van der Waals surface area contributed by atoms with Crippen LogP contribution < -0.4 is 20.7 Å². The minimum absolute atomic E-state index is 0.0265. The number of hydrogen-bond donors (Lipinski definition) is 5. The molecule has 196 valence electrons. The minimum atomic E-state index is -1.15. The number of aromatic nitrogens is 3. The highest BCUT2D eigenvalue weighted by Crippen LogP contribution is 2.28. The molecule has 0 saturated heterocycles. The third-order valence-electron chi connectivity index (χ3n) is 6.26. The first kappa shape index (κ1) is 25.4. The second kappa shape index (κ2) is 11.0. The van der Waals surface area contributed by atoms with E-state index >= 15 is 0 Å². The second-order valence-corrected chi connectivity index (χ2v) is 8.83. The summed E-state index contributed by atoms with van der Waals surface area (Å²) in [7, 11) is 0. The maximum Gasteiger partial charge on any atom is 0.339 e. The van der Waals surface area contributed by atoms with Crippen molar-refractivity contribution < 1.29 is 24.2 Å². The molecule has 5 N–H and O–H groups in total. The predicted octanol–water partition coefficient (Wildman–Crippen LogP) is 2.12. The number of anilines is 1. The molecule has 0 aliphatic carbocycles. The number of amides is 2. The van der Waals surface area contributed by atoms with Crippen LogP contribution in [0.15, 0.2) is 48.9 Å². The van der Waals surface area contributed by atoms with Crippen molar-refractivity contribution in [1.29, 1.82) is 5.26 Å². The Morgan fingerprint density at radius 2 is 2.03 bits per heavy atom. The van der Waals surface area contributed by atoms with E-state index in [4.69, 9.17) is 15.1 Å². The summed E-state index contributed by atoms with van der Waals surface area (Å²) in [5, 5.41) is 26.5. The van der Waals surface area contributed by atoms with E-state index in [1.54, 1.807) is 18.2 Å². The van der Waals surface area contributed by atoms with Crippen LogP contribution in [0.1, 0.15) is 43.1 Å². The minimum Gasteiger partial charge on any atom is -0.482 e. The van der Waals surface area contributed by atoms with Gasteiger partial charge >= 0.3 is 5.97 Å². The molecule has 0 spiro atoms. The molecular formula is C27H23N7O5. The summed E-state index contributed by atoms with van der Waals surface area (Å²) in [6.07, 6.45) is 3.49. The first-order valence-corrected chi connectivity index (χ1v) is 12.0. The van der Waals surface area contributed by atoms with Crippen LogP contribution in [0.2, 0.25) is 0 Å². The lowest BCUT2D eigenvalue weighted by Gasteiger charge is -2.18. The number of carboxylic acid groups (broad SMARTS) is 1. The van der Waals surface area contributed by atoms with Gasteiger partial charge in [-0.15, -0.1) is 0 Å². The average Bonchev–Trinajstić information content (AvgIpc) is 3.40. The molecule has 0 bridgehead atoms. The largest absolute Gasteiger partial charge is 0.482 e. The Kier molecular flexibility index (Phi) is 7.15. The number of H-pyrrole nitrogens is 1. The van der Waals surface area contributed by atoms with Crippen molar-refractivity contribution in [3.8, 4) is 11.8 Å². The zero-order chi connectivity index (χ0) is 27.4. The van der Waals surface area contributed by atoms with Gasteiger partial charge in [0.15, 0.2) is 12.3 Å². The fourth-order valence-electron chi connectivity index (χ4n) is 4.33. The number of nitrogens with one attached hydrogen (secondary N) is 4. The lowest BCUT2D eigenvalue weighted by atomic mass is 9.99. The van der Waals surface area contributed by atoms with Gasteiger partial charge in [0.1, 0.15) is 23.2 Å². The van der Waals surface area contributed by atoms with Gasteiger partial charge < -0.3 is 30.8 Å². The summed E-state index contributed by atoms with van der Waals surface area (Å²) >= 11 is 0. The summed E-state index contributed by atoms with van der Waals surface area (Å²) < 4.78 is 5.29. The van der Waals surface area contributed by atoms with E-state index in [-0.39, 0.29) is 41.3 Å². The van der Waals surface area contributed by atoms with Crippen molar-refractivity contribution in [3.63, 3.8) is 0 Å². The van der Waals surface area contributed by atoms with Gasteiger partial charge in [0.2, 0.25) is 0 Å². The fourth-order valence-corrected chi connectivity index (χ4v) is 4.33. The van der Waals surface area contributed by atoms with Crippen molar-refractivity contribution >= 4 is 34.5 Å². The van der Waals surface area contributed by atoms with Crippen LogP contribution in [0.5, 0.6) is 5.75 Å². The number of carboxylic acids is 1. The van der Waals surface area contributed by atoms with E-state index < -0.39 is 11.9 Å². The lowest BCUT2D eigenvalue weighted by molar-refractivity contribution is -0.118. The third-order valence-corrected chi connectivity index (χ3v) is 6.26.